The summed E-state index contributed by atoms with van der Waals surface area (Å²) < 4.78 is 18.9. The molecular formula is C14H8Cl3FO3. The number of aromatic carboxylic acids is 1. The van der Waals surface area contributed by atoms with Gasteiger partial charge in [-0.25, -0.2) is 9.18 Å². The summed E-state index contributed by atoms with van der Waals surface area (Å²) in [6.07, 6.45) is 0. The predicted molar refractivity (Wildman–Crippen MR) is 79.2 cm³/mol. The molecule has 3 nitrogen and oxygen atoms in total. The molecule has 0 spiro atoms. The lowest BCUT2D eigenvalue weighted by Gasteiger charge is -2.10. The molecule has 0 amide bonds. The van der Waals surface area contributed by atoms with E-state index in [1.165, 1.54) is 24.3 Å². The fourth-order valence-corrected chi connectivity index (χ4v) is 2.19. The molecule has 0 atom stereocenters. The molecule has 0 radical (unpaired) electrons. The minimum absolute atomic E-state index is 0.00843. The van der Waals surface area contributed by atoms with E-state index in [0.717, 1.165) is 6.07 Å². The van der Waals surface area contributed by atoms with Crippen LogP contribution in [-0.2, 0) is 6.61 Å². The molecule has 7 heteroatoms. The lowest BCUT2D eigenvalue weighted by atomic mass is 10.1. The Balaban J connectivity index is 2.15. The van der Waals surface area contributed by atoms with Crippen LogP contribution in [0.2, 0.25) is 15.1 Å². The molecule has 0 fully saturated rings. The van der Waals surface area contributed by atoms with Crippen LogP contribution in [0, 0.1) is 5.82 Å². The van der Waals surface area contributed by atoms with Gasteiger partial charge in [-0.3, -0.25) is 0 Å². The van der Waals surface area contributed by atoms with Gasteiger partial charge in [0.2, 0.25) is 0 Å². The van der Waals surface area contributed by atoms with Gasteiger partial charge in [0.1, 0.15) is 18.2 Å². The average Bonchev–Trinajstić information content (AvgIpc) is 2.41. The molecule has 110 valence electrons. The van der Waals surface area contributed by atoms with E-state index in [1.54, 1.807) is 0 Å². The fraction of sp³-hybridized carbons (Fsp3) is 0.0714. The number of benzene rings is 2. The van der Waals surface area contributed by atoms with Crippen molar-refractivity contribution >= 4 is 40.8 Å². The molecule has 0 bridgehead atoms. The molecule has 2 rings (SSSR count). The van der Waals surface area contributed by atoms with Gasteiger partial charge in [0.25, 0.3) is 0 Å². The molecule has 2 aromatic carbocycles. The van der Waals surface area contributed by atoms with E-state index in [0.29, 0.717) is 16.3 Å². The summed E-state index contributed by atoms with van der Waals surface area (Å²) in [7, 11) is 0. The molecule has 0 unspecified atom stereocenters. The van der Waals surface area contributed by atoms with Crippen molar-refractivity contribution in [1.82, 2.24) is 0 Å². The summed E-state index contributed by atoms with van der Waals surface area (Å²) in [5, 5.41) is 9.59. The highest BCUT2D eigenvalue weighted by Gasteiger charge is 2.11. The van der Waals surface area contributed by atoms with Gasteiger partial charge in [-0.2, -0.15) is 0 Å². The predicted octanol–water partition coefficient (Wildman–Crippen LogP) is 5.06. The van der Waals surface area contributed by atoms with Crippen molar-refractivity contribution in [3.63, 3.8) is 0 Å². The van der Waals surface area contributed by atoms with Crippen LogP contribution in [0.3, 0.4) is 0 Å². The fourth-order valence-electron chi connectivity index (χ4n) is 1.60. The molecule has 0 saturated heterocycles. The minimum atomic E-state index is -1.33. The molecule has 1 N–H and O–H groups in total. The molecular weight excluding hydrogens is 342 g/mol. The molecule has 0 aromatic heterocycles. The Morgan fingerprint density at radius 1 is 1.10 bits per heavy atom. The number of carboxylic acids is 1. The van der Waals surface area contributed by atoms with Crippen molar-refractivity contribution in [3.05, 3.63) is 62.3 Å². The van der Waals surface area contributed by atoms with E-state index in [1.807, 2.05) is 0 Å². The van der Waals surface area contributed by atoms with Gasteiger partial charge in [0, 0.05) is 6.07 Å². The minimum Gasteiger partial charge on any atom is -0.487 e. The van der Waals surface area contributed by atoms with Gasteiger partial charge in [-0.05, 0) is 23.8 Å². The number of hydrogen-bond acceptors (Lipinski definition) is 2. The normalized spacial score (nSPS) is 10.5. The second-order valence-corrected chi connectivity index (χ2v) is 5.33. The zero-order valence-electron chi connectivity index (χ0n) is 10.4. The van der Waals surface area contributed by atoms with Crippen molar-refractivity contribution in [3.8, 4) is 5.75 Å². The monoisotopic (exact) mass is 348 g/mol. The molecule has 0 aliphatic carbocycles. The summed E-state index contributed by atoms with van der Waals surface area (Å²) in [5.74, 6) is -1.86. The van der Waals surface area contributed by atoms with Gasteiger partial charge in [0.05, 0.1) is 20.6 Å². The summed E-state index contributed by atoms with van der Waals surface area (Å²) in [4.78, 5) is 10.7. The average molecular weight is 350 g/mol. The quantitative estimate of drug-likeness (QED) is 0.785. The van der Waals surface area contributed by atoms with Gasteiger partial charge >= 0.3 is 5.97 Å². The lowest BCUT2D eigenvalue weighted by Crippen LogP contribution is -2.03. The van der Waals surface area contributed by atoms with Crippen molar-refractivity contribution in [2.75, 3.05) is 0 Å². The van der Waals surface area contributed by atoms with Gasteiger partial charge in [-0.15, -0.1) is 0 Å². The van der Waals surface area contributed by atoms with Crippen LogP contribution in [0.25, 0.3) is 0 Å². The van der Waals surface area contributed by atoms with Crippen LogP contribution in [0.5, 0.6) is 5.75 Å². The summed E-state index contributed by atoms with van der Waals surface area (Å²) in [6, 6.07) is 6.61. The van der Waals surface area contributed by atoms with Crippen LogP contribution in [-0.4, -0.2) is 11.1 Å². The zero-order valence-corrected chi connectivity index (χ0v) is 12.6. The Bertz CT molecular complexity index is 704. The molecule has 21 heavy (non-hydrogen) atoms. The third kappa shape index (κ3) is 3.79. The van der Waals surface area contributed by atoms with Crippen molar-refractivity contribution in [2.45, 2.75) is 6.61 Å². The Hall–Kier alpha value is -1.49. The largest absolute Gasteiger partial charge is 0.487 e. The van der Waals surface area contributed by atoms with Gasteiger partial charge < -0.3 is 9.84 Å². The maximum Gasteiger partial charge on any atom is 0.338 e. The van der Waals surface area contributed by atoms with Crippen molar-refractivity contribution in [2.24, 2.45) is 0 Å². The van der Waals surface area contributed by atoms with E-state index < -0.39 is 17.3 Å². The summed E-state index contributed by atoms with van der Waals surface area (Å²) in [6.45, 7) is 0.00843. The first kappa shape index (κ1) is 15.9. The first-order valence-electron chi connectivity index (χ1n) is 5.67. The molecule has 2 aromatic rings. The Kier molecular flexibility index (Phi) is 4.93. The smallest absolute Gasteiger partial charge is 0.338 e. The van der Waals surface area contributed by atoms with E-state index in [2.05, 4.69) is 0 Å². The summed E-state index contributed by atoms with van der Waals surface area (Å²) >= 11 is 17.6. The van der Waals surface area contributed by atoms with Crippen LogP contribution >= 0.6 is 34.8 Å². The van der Waals surface area contributed by atoms with E-state index in [9.17, 15) is 9.18 Å². The third-order valence-corrected chi connectivity index (χ3v) is 3.65. The van der Waals surface area contributed by atoms with Crippen LogP contribution in [0.4, 0.5) is 4.39 Å². The first-order valence-corrected chi connectivity index (χ1v) is 6.81. The standard InChI is InChI=1S/C14H8Cl3FO3/c15-9-4-11(17)13(5-10(9)16)21-6-7-1-2-8(14(19)20)12(18)3-7/h1-5H,6H2,(H,19,20). The molecule has 0 aliphatic rings. The second-order valence-electron chi connectivity index (χ2n) is 4.10. The number of ether oxygens (including phenoxy) is 1. The van der Waals surface area contributed by atoms with Crippen LogP contribution < -0.4 is 4.74 Å². The Morgan fingerprint density at radius 3 is 2.38 bits per heavy atom. The van der Waals surface area contributed by atoms with Crippen LogP contribution in [0.1, 0.15) is 15.9 Å². The number of halogens is 4. The number of rotatable bonds is 4. The molecule has 0 aliphatic heterocycles. The third-order valence-electron chi connectivity index (χ3n) is 2.63. The van der Waals surface area contributed by atoms with Crippen LogP contribution in [0.15, 0.2) is 30.3 Å². The zero-order chi connectivity index (χ0) is 15.6. The maximum atomic E-state index is 13.5. The highest BCUT2D eigenvalue weighted by atomic mass is 35.5. The first-order chi connectivity index (χ1) is 9.88. The number of carboxylic acid groups (broad SMARTS) is 1. The molecule has 0 saturated carbocycles. The number of hydrogen-bond donors (Lipinski definition) is 1. The van der Waals surface area contributed by atoms with E-state index in [4.69, 9.17) is 44.6 Å². The van der Waals surface area contributed by atoms with E-state index >= 15 is 0 Å². The van der Waals surface area contributed by atoms with Gasteiger partial charge in [0.15, 0.2) is 0 Å². The summed E-state index contributed by atoms with van der Waals surface area (Å²) in [5.41, 5.74) is 0.0611. The number of carbonyl (C=O) groups is 1. The second kappa shape index (κ2) is 6.52. The van der Waals surface area contributed by atoms with Gasteiger partial charge in [-0.1, -0.05) is 40.9 Å². The molecule has 0 heterocycles. The SMILES string of the molecule is O=C(O)c1ccc(COc2cc(Cl)c(Cl)cc2Cl)cc1F. The van der Waals surface area contributed by atoms with Crippen molar-refractivity contribution < 1.29 is 19.0 Å². The highest BCUT2D eigenvalue weighted by Crippen LogP contribution is 2.34. The van der Waals surface area contributed by atoms with E-state index in [-0.39, 0.29) is 16.7 Å². The maximum absolute atomic E-state index is 13.5. The lowest BCUT2D eigenvalue weighted by molar-refractivity contribution is 0.0692. The Labute approximate surface area is 134 Å². The Morgan fingerprint density at radius 2 is 1.76 bits per heavy atom. The topological polar surface area (TPSA) is 46.5 Å². The highest BCUT2D eigenvalue weighted by molar-refractivity contribution is 6.43. The van der Waals surface area contributed by atoms with Crippen molar-refractivity contribution in [1.29, 1.82) is 0 Å².